The Morgan fingerprint density at radius 3 is 2.83 bits per heavy atom. The average Bonchev–Trinajstić information content (AvgIpc) is 3.12. The Balaban J connectivity index is 1.78. The second kappa shape index (κ2) is 5.33. The zero-order valence-electron chi connectivity index (χ0n) is 12.5. The van der Waals surface area contributed by atoms with E-state index in [1.54, 1.807) is 23.5 Å². The molecule has 0 saturated carbocycles. The van der Waals surface area contributed by atoms with Gasteiger partial charge in [-0.1, -0.05) is 12.1 Å². The van der Waals surface area contributed by atoms with Crippen molar-refractivity contribution in [2.24, 2.45) is 0 Å². The molecule has 1 atom stereocenters. The fourth-order valence-electron chi connectivity index (χ4n) is 3.07. The molecule has 0 fully saturated rings. The Morgan fingerprint density at radius 1 is 1.30 bits per heavy atom. The third kappa shape index (κ3) is 2.27. The highest BCUT2D eigenvalue weighted by atomic mass is 32.1. The van der Waals surface area contributed by atoms with Gasteiger partial charge in [-0.05, 0) is 35.6 Å². The molecule has 1 N–H and O–H groups in total. The van der Waals surface area contributed by atoms with Gasteiger partial charge in [0.25, 0.3) is 5.69 Å². The maximum Gasteiger partial charge on any atom is 0.269 e. The van der Waals surface area contributed by atoms with Crippen LogP contribution in [-0.4, -0.2) is 9.49 Å². The van der Waals surface area contributed by atoms with Gasteiger partial charge >= 0.3 is 0 Å². The molecule has 1 aliphatic heterocycles. The van der Waals surface area contributed by atoms with Gasteiger partial charge in [0.05, 0.1) is 11.0 Å². The van der Waals surface area contributed by atoms with Crippen LogP contribution in [0.5, 0.6) is 0 Å². The topological polar surface area (TPSA) is 60.1 Å². The van der Waals surface area contributed by atoms with Gasteiger partial charge < -0.3 is 9.88 Å². The van der Waals surface area contributed by atoms with Crippen LogP contribution in [0.2, 0.25) is 0 Å². The molecular weight excluding hydrogens is 310 g/mol. The van der Waals surface area contributed by atoms with Crippen LogP contribution in [0.15, 0.2) is 48.0 Å². The molecule has 0 spiro atoms. The van der Waals surface area contributed by atoms with E-state index < -0.39 is 0 Å². The van der Waals surface area contributed by atoms with Gasteiger partial charge in [0.15, 0.2) is 0 Å². The molecule has 5 nitrogen and oxygen atoms in total. The minimum Gasteiger partial charge on any atom is -0.310 e. The molecule has 0 bridgehead atoms. The minimum absolute atomic E-state index is 0.0183. The van der Waals surface area contributed by atoms with Crippen LogP contribution in [0.4, 0.5) is 5.69 Å². The summed E-state index contributed by atoms with van der Waals surface area (Å²) < 4.78 is 2.22. The van der Waals surface area contributed by atoms with Gasteiger partial charge in [0, 0.05) is 36.1 Å². The zero-order valence-corrected chi connectivity index (χ0v) is 13.3. The predicted molar refractivity (Wildman–Crippen MR) is 90.2 cm³/mol. The van der Waals surface area contributed by atoms with E-state index in [-0.39, 0.29) is 16.7 Å². The maximum absolute atomic E-state index is 10.8. The molecule has 1 aliphatic rings. The molecule has 3 aromatic rings. The molecule has 3 heterocycles. The van der Waals surface area contributed by atoms with Crippen LogP contribution in [0.1, 0.15) is 28.4 Å². The number of non-ortho nitro benzene ring substituents is 1. The normalized spacial score (nSPS) is 16.5. The number of nitro groups is 1. The van der Waals surface area contributed by atoms with Crippen LogP contribution >= 0.6 is 11.3 Å². The number of hydrogen-bond acceptors (Lipinski definition) is 4. The standard InChI is InChI=1S/C17H15N3O2S/c1-11-10-23-17-14(11)9-18-16(15-3-2-8-19(15)17)12-4-6-13(7-5-12)20(21)22/h2-8,10,16,18H,9H2,1H3. The summed E-state index contributed by atoms with van der Waals surface area (Å²) in [5, 5.41) is 17.9. The van der Waals surface area contributed by atoms with Crippen LogP contribution in [0, 0.1) is 17.0 Å². The van der Waals surface area contributed by atoms with Crippen molar-refractivity contribution in [2.75, 3.05) is 0 Å². The van der Waals surface area contributed by atoms with E-state index in [0.29, 0.717) is 0 Å². The smallest absolute Gasteiger partial charge is 0.269 e. The van der Waals surface area contributed by atoms with E-state index in [9.17, 15) is 10.1 Å². The number of rotatable bonds is 2. The number of hydrogen-bond donors (Lipinski definition) is 1. The van der Waals surface area contributed by atoms with Crippen molar-refractivity contribution in [2.45, 2.75) is 19.5 Å². The molecule has 23 heavy (non-hydrogen) atoms. The third-order valence-electron chi connectivity index (χ3n) is 4.30. The molecule has 1 aromatic carbocycles. The Labute approximate surface area is 137 Å². The fourth-order valence-corrected chi connectivity index (χ4v) is 4.16. The molecule has 0 saturated heterocycles. The van der Waals surface area contributed by atoms with Crippen LogP contribution in [-0.2, 0) is 6.54 Å². The molecular formula is C17H15N3O2S. The number of nitrogens with zero attached hydrogens (tertiary/aromatic N) is 2. The molecule has 0 aliphatic carbocycles. The highest BCUT2D eigenvalue weighted by molar-refractivity contribution is 7.12. The lowest BCUT2D eigenvalue weighted by atomic mass is 10.0. The number of aromatic nitrogens is 1. The number of fused-ring (bicyclic) bond motifs is 3. The van der Waals surface area contributed by atoms with Crippen LogP contribution in [0.25, 0.3) is 5.00 Å². The first-order chi connectivity index (χ1) is 11.1. The van der Waals surface area contributed by atoms with Gasteiger partial charge in [-0.25, -0.2) is 0 Å². The predicted octanol–water partition coefficient (Wildman–Crippen LogP) is 3.95. The van der Waals surface area contributed by atoms with Crippen LogP contribution < -0.4 is 5.32 Å². The number of thiophene rings is 1. The largest absolute Gasteiger partial charge is 0.310 e. The number of nitro benzene ring substituents is 1. The first kappa shape index (κ1) is 14.2. The lowest BCUT2D eigenvalue weighted by Gasteiger charge is -2.18. The van der Waals surface area contributed by atoms with E-state index >= 15 is 0 Å². The minimum atomic E-state index is -0.367. The van der Waals surface area contributed by atoms with Crippen molar-refractivity contribution in [1.82, 2.24) is 9.88 Å². The van der Waals surface area contributed by atoms with Crippen molar-refractivity contribution in [1.29, 1.82) is 0 Å². The highest BCUT2D eigenvalue weighted by Gasteiger charge is 2.25. The van der Waals surface area contributed by atoms with Crippen molar-refractivity contribution >= 4 is 17.0 Å². The Kier molecular flexibility index (Phi) is 3.28. The van der Waals surface area contributed by atoms with E-state index in [0.717, 1.165) is 17.8 Å². The van der Waals surface area contributed by atoms with E-state index in [1.165, 1.54) is 16.1 Å². The molecule has 1 unspecified atom stereocenters. The number of benzene rings is 1. The third-order valence-corrected chi connectivity index (χ3v) is 5.43. The highest BCUT2D eigenvalue weighted by Crippen LogP contribution is 2.35. The molecule has 0 amide bonds. The van der Waals surface area contributed by atoms with Crippen molar-refractivity contribution in [3.63, 3.8) is 0 Å². The summed E-state index contributed by atoms with van der Waals surface area (Å²) in [6.45, 7) is 2.92. The molecule has 116 valence electrons. The maximum atomic E-state index is 10.8. The van der Waals surface area contributed by atoms with Gasteiger partial charge in [-0.2, -0.15) is 0 Å². The summed E-state index contributed by atoms with van der Waals surface area (Å²) >= 11 is 1.75. The first-order valence-electron chi connectivity index (χ1n) is 7.37. The summed E-state index contributed by atoms with van der Waals surface area (Å²) in [6, 6.07) is 11.0. The van der Waals surface area contributed by atoms with E-state index in [1.807, 2.05) is 18.2 Å². The van der Waals surface area contributed by atoms with Gasteiger partial charge in [0.2, 0.25) is 0 Å². The first-order valence-corrected chi connectivity index (χ1v) is 8.25. The van der Waals surface area contributed by atoms with Crippen molar-refractivity contribution in [3.05, 3.63) is 80.5 Å². The summed E-state index contributed by atoms with van der Waals surface area (Å²) in [5.41, 5.74) is 4.91. The quantitative estimate of drug-likeness (QED) is 0.573. The second-order valence-electron chi connectivity index (χ2n) is 5.67. The van der Waals surface area contributed by atoms with Crippen molar-refractivity contribution in [3.8, 4) is 5.00 Å². The van der Waals surface area contributed by atoms with Crippen LogP contribution in [0.3, 0.4) is 0 Å². The average molecular weight is 325 g/mol. The van der Waals surface area contributed by atoms with Gasteiger partial charge in [0.1, 0.15) is 5.00 Å². The lowest BCUT2D eigenvalue weighted by Crippen LogP contribution is -2.21. The van der Waals surface area contributed by atoms with Gasteiger partial charge in [-0.15, -0.1) is 11.3 Å². The van der Waals surface area contributed by atoms with Crippen molar-refractivity contribution < 1.29 is 4.92 Å². The lowest BCUT2D eigenvalue weighted by molar-refractivity contribution is -0.384. The fraction of sp³-hybridized carbons (Fsp3) is 0.176. The van der Waals surface area contributed by atoms with E-state index in [2.05, 4.69) is 34.5 Å². The number of nitrogens with one attached hydrogen (secondary N) is 1. The van der Waals surface area contributed by atoms with Gasteiger partial charge in [-0.3, -0.25) is 10.1 Å². The summed E-state index contributed by atoms with van der Waals surface area (Å²) in [4.78, 5) is 10.5. The zero-order chi connectivity index (χ0) is 16.0. The summed E-state index contributed by atoms with van der Waals surface area (Å²) in [6.07, 6.45) is 2.08. The Hall–Kier alpha value is -2.44. The van der Waals surface area contributed by atoms with E-state index in [4.69, 9.17) is 0 Å². The number of aryl methyl sites for hydroxylation is 1. The molecule has 0 radical (unpaired) electrons. The summed E-state index contributed by atoms with van der Waals surface area (Å²) in [7, 11) is 0. The molecule has 4 rings (SSSR count). The Bertz CT molecular complexity index is 880. The second-order valence-corrected chi connectivity index (χ2v) is 6.53. The summed E-state index contributed by atoms with van der Waals surface area (Å²) in [5.74, 6) is 0. The SMILES string of the molecule is Cc1csc2c1CNC(c1ccc([N+](=O)[O-])cc1)c1cccn1-2. The molecule has 2 aromatic heterocycles. The Morgan fingerprint density at radius 2 is 2.09 bits per heavy atom. The monoisotopic (exact) mass is 325 g/mol. The molecule has 6 heteroatoms.